The third-order valence-corrected chi connectivity index (χ3v) is 6.98. The Morgan fingerprint density at radius 3 is 2.39 bits per heavy atom. The van der Waals surface area contributed by atoms with E-state index in [1.54, 1.807) is 25.3 Å². The molecule has 152 valence electrons. The molecule has 1 saturated heterocycles. The first-order chi connectivity index (χ1) is 13.4. The van der Waals surface area contributed by atoms with Crippen LogP contribution >= 0.6 is 11.6 Å². The molecule has 8 heteroatoms. The van der Waals surface area contributed by atoms with Gasteiger partial charge >= 0.3 is 0 Å². The lowest BCUT2D eigenvalue weighted by molar-refractivity contribution is 0.146. The molecule has 1 aliphatic rings. The van der Waals surface area contributed by atoms with Gasteiger partial charge in [-0.25, -0.2) is 8.42 Å². The Morgan fingerprint density at radius 1 is 1.04 bits per heavy atom. The average molecular weight is 425 g/mol. The van der Waals surface area contributed by atoms with Crippen LogP contribution in [0.1, 0.15) is 5.56 Å². The number of methoxy groups -OCH3 is 1. The van der Waals surface area contributed by atoms with Crippen molar-refractivity contribution in [1.29, 1.82) is 0 Å². The topological polar surface area (TPSA) is 59.1 Å². The van der Waals surface area contributed by atoms with Crippen molar-refractivity contribution in [2.45, 2.75) is 11.8 Å². The van der Waals surface area contributed by atoms with Crippen molar-refractivity contribution in [2.24, 2.45) is 0 Å². The number of anilines is 1. The van der Waals surface area contributed by atoms with Gasteiger partial charge in [-0.2, -0.15) is 4.31 Å². The Balaban J connectivity index is 1.68. The maximum atomic E-state index is 13.0. The number of nitrogens with zero attached hydrogens (tertiary/aromatic N) is 2. The van der Waals surface area contributed by atoms with Crippen molar-refractivity contribution in [3.8, 4) is 5.75 Å². The minimum atomic E-state index is -3.55. The summed E-state index contributed by atoms with van der Waals surface area (Å²) < 4.78 is 38.2. The zero-order valence-electron chi connectivity index (χ0n) is 16.1. The van der Waals surface area contributed by atoms with Gasteiger partial charge in [0.05, 0.1) is 22.2 Å². The molecule has 0 spiro atoms. The first kappa shape index (κ1) is 20.9. The highest BCUT2D eigenvalue weighted by atomic mass is 35.5. The minimum absolute atomic E-state index is 0.287. The number of para-hydroxylation sites is 1. The van der Waals surface area contributed by atoms with E-state index in [1.807, 2.05) is 31.2 Å². The lowest BCUT2D eigenvalue weighted by Gasteiger charge is -2.35. The van der Waals surface area contributed by atoms with Crippen LogP contribution in [0.25, 0.3) is 0 Å². The van der Waals surface area contributed by atoms with Crippen LogP contribution in [0, 0.1) is 6.92 Å². The van der Waals surface area contributed by atoms with Crippen LogP contribution in [-0.4, -0.2) is 59.2 Å². The Hall–Kier alpha value is -1.80. The Kier molecular flexibility index (Phi) is 6.82. The van der Waals surface area contributed by atoms with Crippen LogP contribution < -0.4 is 9.64 Å². The van der Waals surface area contributed by atoms with E-state index in [0.717, 1.165) is 11.3 Å². The van der Waals surface area contributed by atoms with Crippen molar-refractivity contribution < 1.29 is 17.9 Å². The number of sulfonamides is 1. The first-order valence-corrected chi connectivity index (χ1v) is 11.0. The monoisotopic (exact) mass is 424 g/mol. The van der Waals surface area contributed by atoms with Crippen molar-refractivity contribution in [1.82, 2.24) is 4.31 Å². The lowest BCUT2D eigenvalue weighted by Crippen LogP contribution is -2.48. The number of ether oxygens (including phenoxy) is 2. The van der Waals surface area contributed by atoms with Crippen LogP contribution in [0.2, 0.25) is 5.02 Å². The quantitative estimate of drug-likeness (QED) is 0.639. The molecule has 2 aromatic rings. The molecule has 0 amide bonds. The Bertz CT molecular complexity index is 912. The second kappa shape index (κ2) is 9.13. The van der Waals surface area contributed by atoms with E-state index in [1.165, 1.54) is 4.31 Å². The Labute approximate surface area is 171 Å². The van der Waals surface area contributed by atoms with Crippen LogP contribution in [-0.2, 0) is 14.8 Å². The molecule has 1 heterocycles. The summed E-state index contributed by atoms with van der Waals surface area (Å²) in [4.78, 5) is 2.40. The van der Waals surface area contributed by atoms with Crippen LogP contribution in [0.3, 0.4) is 0 Å². The van der Waals surface area contributed by atoms with Gasteiger partial charge in [0.15, 0.2) is 0 Å². The Morgan fingerprint density at radius 2 is 1.75 bits per heavy atom. The van der Waals surface area contributed by atoms with Gasteiger partial charge < -0.3 is 14.4 Å². The fourth-order valence-corrected chi connectivity index (χ4v) is 4.97. The normalized spacial score (nSPS) is 15.6. The molecule has 0 atom stereocenters. The van der Waals surface area contributed by atoms with Crippen molar-refractivity contribution in [3.05, 3.63) is 53.1 Å². The minimum Gasteiger partial charge on any atom is -0.491 e. The lowest BCUT2D eigenvalue weighted by atomic mass is 10.2. The first-order valence-electron chi connectivity index (χ1n) is 9.15. The van der Waals surface area contributed by atoms with Crippen molar-refractivity contribution in [3.63, 3.8) is 0 Å². The molecular formula is C20H25ClN2O4S. The molecule has 1 fully saturated rings. The number of hydrogen-bond donors (Lipinski definition) is 0. The SMILES string of the molecule is COCCOc1ccc(S(=O)(=O)N2CCN(c3ccccc3Cl)CC2)cc1C. The molecule has 0 saturated carbocycles. The number of rotatable bonds is 7. The summed E-state index contributed by atoms with van der Waals surface area (Å²) in [5, 5.41) is 0.679. The van der Waals surface area contributed by atoms with Gasteiger partial charge in [0.25, 0.3) is 0 Å². The summed E-state index contributed by atoms with van der Waals surface area (Å²) >= 11 is 6.26. The van der Waals surface area contributed by atoms with Gasteiger partial charge in [-0.15, -0.1) is 0 Å². The van der Waals surface area contributed by atoms with Crippen LogP contribution in [0.4, 0.5) is 5.69 Å². The third kappa shape index (κ3) is 4.60. The molecule has 3 rings (SSSR count). The van der Waals surface area contributed by atoms with Crippen molar-refractivity contribution >= 4 is 27.3 Å². The summed E-state index contributed by atoms with van der Waals surface area (Å²) in [6, 6.07) is 12.6. The van der Waals surface area contributed by atoms with E-state index in [0.29, 0.717) is 50.2 Å². The van der Waals surface area contributed by atoms with Gasteiger partial charge in [0.1, 0.15) is 12.4 Å². The highest BCUT2D eigenvalue weighted by Gasteiger charge is 2.29. The van der Waals surface area contributed by atoms with Crippen molar-refractivity contribution in [2.75, 3.05) is 51.4 Å². The number of benzene rings is 2. The van der Waals surface area contributed by atoms with Crippen LogP contribution in [0.5, 0.6) is 5.75 Å². The highest BCUT2D eigenvalue weighted by Crippen LogP contribution is 2.28. The standard InChI is InChI=1S/C20H25ClN2O4S/c1-16-15-17(7-8-20(16)27-14-13-26-2)28(24,25)23-11-9-22(10-12-23)19-6-4-3-5-18(19)21/h3-8,15H,9-14H2,1-2H3. The molecule has 0 N–H and O–H groups in total. The number of aryl methyl sites for hydroxylation is 1. The smallest absolute Gasteiger partial charge is 0.243 e. The number of halogens is 1. The third-order valence-electron chi connectivity index (χ3n) is 4.76. The van der Waals surface area contributed by atoms with Gasteiger partial charge in [-0.1, -0.05) is 23.7 Å². The average Bonchev–Trinajstić information content (AvgIpc) is 2.70. The van der Waals surface area contributed by atoms with E-state index < -0.39 is 10.0 Å². The van der Waals surface area contributed by atoms with Gasteiger partial charge in [0, 0.05) is 33.3 Å². The molecule has 2 aromatic carbocycles. The molecule has 0 aromatic heterocycles. The second-order valence-electron chi connectivity index (χ2n) is 6.61. The van der Waals surface area contributed by atoms with Gasteiger partial charge in [-0.3, -0.25) is 0 Å². The van der Waals surface area contributed by atoms with E-state index in [9.17, 15) is 8.42 Å². The summed E-state index contributed by atoms with van der Waals surface area (Å²) in [5.41, 5.74) is 1.72. The zero-order chi connectivity index (χ0) is 20.1. The molecular weight excluding hydrogens is 400 g/mol. The summed E-state index contributed by atoms with van der Waals surface area (Å²) in [5.74, 6) is 0.666. The molecule has 0 bridgehead atoms. The fraction of sp³-hybridized carbons (Fsp3) is 0.400. The largest absolute Gasteiger partial charge is 0.491 e. The summed E-state index contributed by atoms with van der Waals surface area (Å²) in [6.45, 7) is 4.77. The summed E-state index contributed by atoms with van der Waals surface area (Å²) in [7, 11) is -1.94. The maximum Gasteiger partial charge on any atom is 0.243 e. The predicted molar refractivity (Wildman–Crippen MR) is 111 cm³/mol. The maximum absolute atomic E-state index is 13.0. The highest BCUT2D eigenvalue weighted by molar-refractivity contribution is 7.89. The second-order valence-corrected chi connectivity index (χ2v) is 8.96. The van der Waals surface area contributed by atoms with E-state index in [-0.39, 0.29) is 4.90 Å². The van der Waals surface area contributed by atoms with E-state index in [4.69, 9.17) is 21.1 Å². The van der Waals surface area contributed by atoms with E-state index in [2.05, 4.69) is 4.90 Å². The predicted octanol–water partition coefficient (Wildman–Crippen LogP) is 3.18. The molecule has 1 aliphatic heterocycles. The molecule has 0 unspecified atom stereocenters. The van der Waals surface area contributed by atoms with E-state index >= 15 is 0 Å². The number of piperazine rings is 1. The number of hydrogen-bond acceptors (Lipinski definition) is 5. The molecule has 6 nitrogen and oxygen atoms in total. The van der Waals surface area contributed by atoms with Crippen LogP contribution in [0.15, 0.2) is 47.4 Å². The molecule has 0 aliphatic carbocycles. The van der Waals surface area contributed by atoms with Gasteiger partial charge in [-0.05, 0) is 42.8 Å². The molecule has 0 radical (unpaired) electrons. The zero-order valence-corrected chi connectivity index (χ0v) is 17.7. The summed E-state index contributed by atoms with van der Waals surface area (Å²) in [6.07, 6.45) is 0. The van der Waals surface area contributed by atoms with Gasteiger partial charge in [0.2, 0.25) is 10.0 Å². The molecule has 28 heavy (non-hydrogen) atoms. The fourth-order valence-electron chi connectivity index (χ4n) is 3.21.